The SMILES string of the molecule is CCC(C)(NC(=O)CC1CCC(C)(C)CC1)C(=O)O. The number of nitrogens with one attached hydrogen (secondary N) is 1. The number of hydrogen-bond donors (Lipinski definition) is 2. The Balaban J connectivity index is 2.46. The van der Waals surface area contributed by atoms with Crippen LogP contribution in [-0.2, 0) is 9.59 Å². The standard InChI is InChI=1S/C15H27NO3/c1-5-15(4,13(18)19)16-12(17)10-11-6-8-14(2,3)9-7-11/h11H,5-10H2,1-4H3,(H,16,17)(H,18,19). The first-order valence-electron chi connectivity index (χ1n) is 7.23. The third-order valence-electron chi connectivity index (χ3n) is 4.53. The second-order valence-corrected chi connectivity index (χ2v) is 6.85. The number of carboxylic acid groups (broad SMARTS) is 1. The molecule has 1 unspecified atom stereocenters. The van der Waals surface area contributed by atoms with Crippen molar-refractivity contribution in [1.82, 2.24) is 5.32 Å². The number of carbonyl (C=O) groups excluding carboxylic acids is 1. The van der Waals surface area contributed by atoms with E-state index in [0.717, 1.165) is 25.7 Å². The van der Waals surface area contributed by atoms with Crippen molar-refractivity contribution in [2.75, 3.05) is 0 Å². The Labute approximate surface area is 116 Å². The van der Waals surface area contributed by atoms with Gasteiger partial charge in [0.2, 0.25) is 5.91 Å². The molecule has 1 aliphatic rings. The van der Waals surface area contributed by atoms with Crippen molar-refractivity contribution >= 4 is 11.9 Å². The van der Waals surface area contributed by atoms with Crippen molar-refractivity contribution in [3.8, 4) is 0 Å². The number of aliphatic carboxylic acids is 1. The van der Waals surface area contributed by atoms with E-state index >= 15 is 0 Å². The molecule has 0 radical (unpaired) electrons. The number of carboxylic acids is 1. The van der Waals surface area contributed by atoms with Crippen molar-refractivity contribution < 1.29 is 14.7 Å². The summed E-state index contributed by atoms with van der Waals surface area (Å²) in [6, 6.07) is 0. The molecule has 1 saturated carbocycles. The normalized spacial score (nSPS) is 22.5. The molecule has 4 nitrogen and oxygen atoms in total. The minimum atomic E-state index is -1.13. The lowest BCUT2D eigenvalue weighted by Crippen LogP contribution is -2.52. The van der Waals surface area contributed by atoms with Gasteiger partial charge in [-0.25, -0.2) is 4.79 Å². The minimum absolute atomic E-state index is 0.128. The zero-order valence-corrected chi connectivity index (χ0v) is 12.6. The Morgan fingerprint density at radius 1 is 1.32 bits per heavy atom. The lowest BCUT2D eigenvalue weighted by Gasteiger charge is -2.34. The Bertz CT molecular complexity index is 341. The van der Waals surface area contributed by atoms with Gasteiger partial charge >= 0.3 is 5.97 Å². The molecule has 19 heavy (non-hydrogen) atoms. The summed E-state index contributed by atoms with van der Waals surface area (Å²) in [7, 11) is 0. The van der Waals surface area contributed by atoms with E-state index in [4.69, 9.17) is 5.11 Å². The molecule has 110 valence electrons. The van der Waals surface area contributed by atoms with Crippen LogP contribution in [0.2, 0.25) is 0 Å². The van der Waals surface area contributed by atoms with E-state index < -0.39 is 11.5 Å². The van der Waals surface area contributed by atoms with Crippen molar-refractivity contribution in [3.05, 3.63) is 0 Å². The molecule has 0 aromatic carbocycles. The summed E-state index contributed by atoms with van der Waals surface area (Å²) in [5.41, 5.74) is -0.739. The van der Waals surface area contributed by atoms with E-state index in [9.17, 15) is 9.59 Å². The third-order valence-corrected chi connectivity index (χ3v) is 4.53. The van der Waals surface area contributed by atoms with E-state index in [-0.39, 0.29) is 5.91 Å². The molecule has 4 heteroatoms. The van der Waals surface area contributed by atoms with Crippen molar-refractivity contribution in [2.45, 2.75) is 71.8 Å². The molecule has 0 aromatic heterocycles. The Morgan fingerprint density at radius 3 is 2.26 bits per heavy atom. The fourth-order valence-corrected chi connectivity index (χ4v) is 2.58. The van der Waals surface area contributed by atoms with Crippen molar-refractivity contribution in [1.29, 1.82) is 0 Å². The van der Waals surface area contributed by atoms with Crippen LogP contribution in [0, 0.1) is 11.3 Å². The number of hydrogen-bond acceptors (Lipinski definition) is 2. The van der Waals surface area contributed by atoms with Crippen LogP contribution in [-0.4, -0.2) is 22.5 Å². The van der Waals surface area contributed by atoms with Gasteiger partial charge in [0.1, 0.15) is 5.54 Å². The first-order valence-corrected chi connectivity index (χ1v) is 7.23. The van der Waals surface area contributed by atoms with Gasteiger partial charge in [0.15, 0.2) is 0 Å². The summed E-state index contributed by atoms with van der Waals surface area (Å²) in [5.74, 6) is -0.687. The van der Waals surface area contributed by atoms with Crippen LogP contribution in [0.5, 0.6) is 0 Å². The van der Waals surface area contributed by atoms with Gasteiger partial charge in [0, 0.05) is 6.42 Å². The molecule has 0 heterocycles. The quantitative estimate of drug-likeness (QED) is 0.806. The molecule has 0 saturated heterocycles. The van der Waals surface area contributed by atoms with Crippen LogP contribution in [0.25, 0.3) is 0 Å². The summed E-state index contributed by atoms with van der Waals surface area (Å²) >= 11 is 0. The van der Waals surface area contributed by atoms with Gasteiger partial charge in [0.05, 0.1) is 0 Å². The number of rotatable bonds is 5. The molecule has 2 N–H and O–H groups in total. The summed E-state index contributed by atoms with van der Waals surface area (Å²) < 4.78 is 0. The van der Waals surface area contributed by atoms with E-state index in [1.165, 1.54) is 0 Å². The van der Waals surface area contributed by atoms with E-state index in [0.29, 0.717) is 24.2 Å². The first-order chi connectivity index (χ1) is 8.68. The predicted molar refractivity (Wildman–Crippen MR) is 74.8 cm³/mol. The predicted octanol–water partition coefficient (Wildman–Crippen LogP) is 2.96. The molecule has 1 atom stereocenters. The second kappa shape index (κ2) is 5.93. The molecule has 0 spiro atoms. The Morgan fingerprint density at radius 2 is 1.84 bits per heavy atom. The van der Waals surface area contributed by atoms with Gasteiger partial charge in [0.25, 0.3) is 0 Å². The van der Waals surface area contributed by atoms with Gasteiger partial charge < -0.3 is 10.4 Å². The summed E-state index contributed by atoms with van der Waals surface area (Å²) in [6.45, 7) is 7.87. The summed E-state index contributed by atoms with van der Waals surface area (Å²) in [4.78, 5) is 23.1. The monoisotopic (exact) mass is 269 g/mol. The molecule has 0 bridgehead atoms. The van der Waals surface area contributed by atoms with Crippen molar-refractivity contribution in [3.63, 3.8) is 0 Å². The lowest BCUT2D eigenvalue weighted by atomic mass is 9.72. The molecule has 1 aliphatic carbocycles. The summed E-state index contributed by atoms with van der Waals surface area (Å²) in [5, 5.41) is 11.8. The van der Waals surface area contributed by atoms with Crippen LogP contribution >= 0.6 is 0 Å². The molecule has 0 aliphatic heterocycles. The van der Waals surface area contributed by atoms with Crippen molar-refractivity contribution in [2.24, 2.45) is 11.3 Å². The maximum Gasteiger partial charge on any atom is 0.329 e. The highest BCUT2D eigenvalue weighted by Gasteiger charge is 2.34. The molecule has 0 aromatic rings. The van der Waals surface area contributed by atoms with Gasteiger partial charge in [-0.15, -0.1) is 0 Å². The highest BCUT2D eigenvalue weighted by atomic mass is 16.4. The van der Waals surface area contributed by atoms with E-state index in [1.54, 1.807) is 13.8 Å². The maximum absolute atomic E-state index is 12.0. The zero-order valence-electron chi connectivity index (χ0n) is 12.6. The molecule has 1 rings (SSSR count). The third kappa shape index (κ3) is 4.51. The zero-order chi connectivity index (χ0) is 14.7. The average molecular weight is 269 g/mol. The molecular formula is C15H27NO3. The van der Waals surface area contributed by atoms with Gasteiger partial charge in [-0.05, 0) is 50.4 Å². The molecule has 1 amide bonds. The number of carbonyl (C=O) groups is 2. The van der Waals surface area contributed by atoms with E-state index in [1.807, 2.05) is 0 Å². The second-order valence-electron chi connectivity index (χ2n) is 6.85. The van der Waals surface area contributed by atoms with Crippen LogP contribution in [0.1, 0.15) is 66.2 Å². The van der Waals surface area contributed by atoms with E-state index in [2.05, 4.69) is 19.2 Å². The average Bonchev–Trinajstić information content (AvgIpc) is 2.31. The van der Waals surface area contributed by atoms with Gasteiger partial charge in [-0.1, -0.05) is 20.8 Å². The Kier molecular flexibility index (Phi) is 4.99. The van der Waals surface area contributed by atoms with Crippen LogP contribution in [0.3, 0.4) is 0 Å². The first kappa shape index (κ1) is 16.0. The van der Waals surface area contributed by atoms with Gasteiger partial charge in [-0.3, -0.25) is 4.79 Å². The summed E-state index contributed by atoms with van der Waals surface area (Å²) in [6.07, 6.45) is 5.28. The highest BCUT2D eigenvalue weighted by Crippen LogP contribution is 2.39. The number of amides is 1. The van der Waals surface area contributed by atoms with Crippen LogP contribution in [0.15, 0.2) is 0 Å². The van der Waals surface area contributed by atoms with Crippen LogP contribution in [0.4, 0.5) is 0 Å². The fourth-order valence-electron chi connectivity index (χ4n) is 2.58. The van der Waals surface area contributed by atoms with Gasteiger partial charge in [-0.2, -0.15) is 0 Å². The lowest BCUT2D eigenvalue weighted by molar-refractivity contribution is -0.147. The maximum atomic E-state index is 12.0. The molecule has 1 fully saturated rings. The Hall–Kier alpha value is -1.06. The topological polar surface area (TPSA) is 66.4 Å². The largest absolute Gasteiger partial charge is 0.480 e. The smallest absolute Gasteiger partial charge is 0.329 e. The molecular weight excluding hydrogens is 242 g/mol. The highest BCUT2D eigenvalue weighted by molar-refractivity contribution is 5.86. The fraction of sp³-hybridized carbons (Fsp3) is 0.867. The van der Waals surface area contributed by atoms with Crippen LogP contribution < -0.4 is 5.32 Å². The minimum Gasteiger partial charge on any atom is -0.480 e.